The lowest BCUT2D eigenvalue weighted by Crippen LogP contribution is -2.46. The van der Waals surface area contributed by atoms with Crippen molar-refractivity contribution < 1.29 is 14.4 Å². The van der Waals surface area contributed by atoms with Crippen molar-refractivity contribution in [3.05, 3.63) is 29.8 Å². The zero-order valence-electron chi connectivity index (χ0n) is 16.6. The number of nitrogens with one attached hydrogen (secondary N) is 2. The highest BCUT2D eigenvalue weighted by Crippen LogP contribution is 2.22. The molecular weight excluding hydrogens is 358 g/mol. The molecule has 2 rings (SSSR count). The number of rotatable bonds is 8. The molecule has 3 amide bonds. The lowest BCUT2D eigenvalue weighted by atomic mass is 9.97. The van der Waals surface area contributed by atoms with Crippen molar-refractivity contribution in [3.8, 4) is 0 Å². The molecule has 1 aliphatic heterocycles. The van der Waals surface area contributed by atoms with E-state index in [4.69, 9.17) is 11.5 Å². The van der Waals surface area contributed by atoms with Crippen molar-refractivity contribution in [1.29, 1.82) is 0 Å². The standard InChI is InChI=1S/C20H31N5O3/c1-13(2)18(21)20(28)23-10-17(26)24-16-8-4-3-6-14(16)11-25-9-5-7-15(12-25)19(22)27/h3-4,6,8,13,15,18H,5,7,9-12,21H2,1-2H3,(H2,22,27)(H,23,28)(H,24,26)/t15?,18-/m0/s1. The van der Waals surface area contributed by atoms with Gasteiger partial charge in [-0.3, -0.25) is 19.3 Å². The molecule has 28 heavy (non-hydrogen) atoms. The lowest BCUT2D eigenvalue weighted by molar-refractivity contribution is -0.125. The van der Waals surface area contributed by atoms with Gasteiger partial charge in [0, 0.05) is 18.8 Å². The average molecular weight is 390 g/mol. The maximum atomic E-state index is 12.3. The van der Waals surface area contributed by atoms with E-state index in [1.807, 2.05) is 38.1 Å². The Kier molecular flexibility index (Phi) is 7.95. The van der Waals surface area contributed by atoms with Gasteiger partial charge in [-0.05, 0) is 36.9 Å². The Morgan fingerprint density at radius 2 is 1.96 bits per heavy atom. The Balaban J connectivity index is 1.93. The first-order valence-electron chi connectivity index (χ1n) is 9.70. The molecule has 1 aromatic rings. The molecule has 1 aliphatic rings. The third-order valence-corrected chi connectivity index (χ3v) is 5.04. The number of piperidine rings is 1. The molecule has 0 saturated carbocycles. The van der Waals surface area contributed by atoms with Gasteiger partial charge in [0.15, 0.2) is 0 Å². The third-order valence-electron chi connectivity index (χ3n) is 5.04. The summed E-state index contributed by atoms with van der Waals surface area (Å²) in [6.45, 7) is 5.69. The van der Waals surface area contributed by atoms with Crippen LogP contribution in [0.4, 0.5) is 5.69 Å². The molecule has 6 N–H and O–H groups in total. The van der Waals surface area contributed by atoms with Crippen LogP contribution >= 0.6 is 0 Å². The highest BCUT2D eigenvalue weighted by Gasteiger charge is 2.24. The van der Waals surface area contributed by atoms with Gasteiger partial charge in [-0.2, -0.15) is 0 Å². The number of nitrogens with two attached hydrogens (primary N) is 2. The van der Waals surface area contributed by atoms with Crippen molar-refractivity contribution in [2.24, 2.45) is 23.3 Å². The van der Waals surface area contributed by atoms with Gasteiger partial charge in [0.25, 0.3) is 0 Å². The number of anilines is 1. The molecule has 8 nitrogen and oxygen atoms in total. The molecule has 0 aliphatic carbocycles. The number of primary amides is 1. The van der Waals surface area contributed by atoms with Gasteiger partial charge in [0.05, 0.1) is 18.5 Å². The molecular formula is C20H31N5O3. The van der Waals surface area contributed by atoms with Crippen LogP contribution in [0.3, 0.4) is 0 Å². The Hall–Kier alpha value is -2.45. The molecule has 0 spiro atoms. The van der Waals surface area contributed by atoms with E-state index in [0.717, 1.165) is 24.9 Å². The second-order valence-electron chi connectivity index (χ2n) is 7.67. The van der Waals surface area contributed by atoms with E-state index in [0.29, 0.717) is 18.8 Å². The number of benzene rings is 1. The van der Waals surface area contributed by atoms with Gasteiger partial charge in [-0.15, -0.1) is 0 Å². The molecule has 1 heterocycles. The first-order valence-corrected chi connectivity index (χ1v) is 9.70. The van der Waals surface area contributed by atoms with Crippen LogP contribution in [0.2, 0.25) is 0 Å². The first-order chi connectivity index (χ1) is 13.3. The maximum absolute atomic E-state index is 12.3. The van der Waals surface area contributed by atoms with Crippen molar-refractivity contribution in [3.63, 3.8) is 0 Å². The van der Waals surface area contributed by atoms with Crippen LogP contribution in [0, 0.1) is 11.8 Å². The maximum Gasteiger partial charge on any atom is 0.243 e. The SMILES string of the molecule is CC(C)[C@H](N)C(=O)NCC(=O)Nc1ccccc1CN1CCCC(C(N)=O)C1. The van der Waals surface area contributed by atoms with Crippen LogP contribution in [0.25, 0.3) is 0 Å². The molecule has 1 saturated heterocycles. The van der Waals surface area contributed by atoms with E-state index in [-0.39, 0.29) is 36.1 Å². The van der Waals surface area contributed by atoms with E-state index in [1.165, 1.54) is 0 Å². The third kappa shape index (κ3) is 6.31. The van der Waals surface area contributed by atoms with E-state index in [2.05, 4.69) is 15.5 Å². The van der Waals surface area contributed by atoms with Gasteiger partial charge in [0.1, 0.15) is 0 Å². The molecule has 0 radical (unpaired) electrons. The fourth-order valence-corrected chi connectivity index (χ4v) is 3.23. The number of likely N-dealkylation sites (tertiary alicyclic amines) is 1. The van der Waals surface area contributed by atoms with Gasteiger partial charge < -0.3 is 22.1 Å². The van der Waals surface area contributed by atoms with Crippen molar-refractivity contribution >= 4 is 23.4 Å². The smallest absolute Gasteiger partial charge is 0.243 e. The normalized spacial score (nSPS) is 18.5. The van der Waals surface area contributed by atoms with Crippen LogP contribution in [0.15, 0.2) is 24.3 Å². The number of carbonyl (C=O) groups is 3. The summed E-state index contributed by atoms with van der Waals surface area (Å²) in [7, 11) is 0. The molecule has 1 aromatic carbocycles. The Labute approximate surface area is 166 Å². The van der Waals surface area contributed by atoms with E-state index < -0.39 is 6.04 Å². The summed E-state index contributed by atoms with van der Waals surface area (Å²) in [5, 5.41) is 5.41. The highest BCUT2D eigenvalue weighted by atomic mass is 16.2. The molecule has 8 heteroatoms. The van der Waals surface area contributed by atoms with E-state index >= 15 is 0 Å². The van der Waals surface area contributed by atoms with Crippen LogP contribution in [0.1, 0.15) is 32.3 Å². The average Bonchev–Trinajstić information content (AvgIpc) is 2.67. The summed E-state index contributed by atoms with van der Waals surface area (Å²) in [6.07, 6.45) is 1.74. The number of hydrogen-bond donors (Lipinski definition) is 4. The number of amides is 3. The van der Waals surface area contributed by atoms with E-state index in [9.17, 15) is 14.4 Å². The summed E-state index contributed by atoms with van der Waals surface area (Å²) in [5.74, 6) is -1.05. The quantitative estimate of drug-likeness (QED) is 0.512. The van der Waals surface area contributed by atoms with Crippen LogP contribution in [-0.4, -0.2) is 48.3 Å². The Morgan fingerprint density at radius 1 is 1.25 bits per heavy atom. The van der Waals surface area contributed by atoms with E-state index in [1.54, 1.807) is 0 Å². The summed E-state index contributed by atoms with van der Waals surface area (Å²) in [4.78, 5) is 37.8. The van der Waals surface area contributed by atoms with Gasteiger partial charge in [-0.25, -0.2) is 0 Å². The number of carbonyl (C=O) groups excluding carboxylic acids is 3. The minimum atomic E-state index is -0.641. The monoisotopic (exact) mass is 389 g/mol. The predicted molar refractivity (Wildman–Crippen MR) is 108 cm³/mol. The Bertz CT molecular complexity index is 707. The Morgan fingerprint density at radius 3 is 2.64 bits per heavy atom. The molecule has 2 atom stereocenters. The summed E-state index contributed by atoms with van der Waals surface area (Å²) in [6, 6.07) is 6.87. The largest absolute Gasteiger partial charge is 0.369 e. The summed E-state index contributed by atoms with van der Waals surface area (Å²) >= 11 is 0. The van der Waals surface area contributed by atoms with Gasteiger partial charge >= 0.3 is 0 Å². The summed E-state index contributed by atoms with van der Waals surface area (Å²) < 4.78 is 0. The zero-order valence-corrected chi connectivity index (χ0v) is 16.6. The molecule has 154 valence electrons. The molecule has 1 unspecified atom stereocenters. The van der Waals surface area contributed by atoms with Crippen LogP contribution < -0.4 is 22.1 Å². The van der Waals surface area contributed by atoms with Crippen molar-refractivity contribution in [1.82, 2.24) is 10.2 Å². The van der Waals surface area contributed by atoms with Gasteiger partial charge in [-0.1, -0.05) is 32.0 Å². The zero-order chi connectivity index (χ0) is 20.7. The molecule has 0 aromatic heterocycles. The topological polar surface area (TPSA) is 131 Å². The highest BCUT2D eigenvalue weighted by molar-refractivity contribution is 5.95. The second kappa shape index (κ2) is 10.2. The number of para-hydroxylation sites is 1. The van der Waals surface area contributed by atoms with Crippen LogP contribution in [-0.2, 0) is 20.9 Å². The first kappa shape index (κ1) is 21.8. The van der Waals surface area contributed by atoms with Gasteiger partial charge in [0.2, 0.25) is 17.7 Å². The number of nitrogens with zero attached hydrogens (tertiary/aromatic N) is 1. The molecule has 1 fully saturated rings. The fraction of sp³-hybridized carbons (Fsp3) is 0.550. The lowest BCUT2D eigenvalue weighted by Gasteiger charge is -2.31. The second-order valence-corrected chi connectivity index (χ2v) is 7.67. The van der Waals surface area contributed by atoms with Crippen LogP contribution in [0.5, 0.6) is 0 Å². The molecule has 0 bridgehead atoms. The van der Waals surface area contributed by atoms with Crippen molar-refractivity contribution in [2.75, 3.05) is 25.0 Å². The number of hydrogen-bond acceptors (Lipinski definition) is 5. The fourth-order valence-electron chi connectivity index (χ4n) is 3.23. The predicted octanol–water partition coefficient (Wildman–Crippen LogP) is 0.422. The minimum absolute atomic E-state index is 0.00226. The minimum Gasteiger partial charge on any atom is -0.369 e. The van der Waals surface area contributed by atoms with Crippen molar-refractivity contribution in [2.45, 2.75) is 39.3 Å². The summed E-state index contributed by atoms with van der Waals surface area (Å²) in [5.41, 5.74) is 12.9.